The SMILES string of the molecule is COc1ccc2c3c1O[C@H]1C(=O)CC[C@@]4(O)[C@@H]5N(CC(F)(F)F)[C@]5(C2)C[C@]314. The van der Waals surface area contributed by atoms with Crippen LogP contribution in [0.15, 0.2) is 12.1 Å². The van der Waals surface area contributed by atoms with Gasteiger partial charge in [-0.1, -0.05) is 6.07 Å². The van der Waals surface area contributed by atoms with E-state index in [9.17, 15) is 23.1 Å². The van der Waals surface area contributed by atoms with Crippen LogP contribution in [0.2, 0.25) is 0 Å². The predicted octanol–water partition coefficient (Wildman–Crippen LogP) is 1.73. The summed E-state index contributed by atoms with van der Waals surface area (Å²) in [4.78, 5) is 14.1. The maximum atomic E-state index is 13.1. The fourth-order valence-electron chi connectivity index (χ4n) is 6.89. The summed E-state index contributed by atoms with van der Waals surface area (Å²) in [6, 6.07) is 2.98. The summed E-state index contributed by atoms with van der Waals surface area (Å²) in [7, 11) is 1.51. The Hall–Kier alpha value is -1.80. The molecule has 6 rings (SSSR count). The van der Waals surface area contributed by atoms with E-state index in [0.29, 0.717) is 24.3 Å². The standard InChI is InChI=1S/C19H18F3NO4/c1-26-11-3-2-9-6-16-7-17-12(9)13(11)27-14(17)10(24)4-5-18(17,25)15(16)23(16)8-19(20,21)22/h2-3,14-15,25H,4-8H2,1H3/t14-,15+,16+,17-,18+,23?/m0/s1. The fraction of sp³-hybridized carbons (Fsp3) is 0.632. The molecule has 3 fully saturated rings. The molecule has 2 spiro atoms. The monoisotopic (exact) mass is 381 g/mol. The van der Waals surface area contributed by atoms with Gasteiger partial charge in [-0.2, -0.15) is 13.2 Å². The van der Waals surface area contributed by atoms with Crippen molar-refractivity contribution in [2.75, 3.05) is 13.7 Å². The van der Waals surface area contributed by atoms with Gasteiger partial charge in [-0.05, 0) is 30.9 Å². The molecule has 1 saturated heterocycles. The fourth-order valence-corrected chi connectivity index (χ4v) is 6.89. The zero-order chi connectivity index (χ0) is 19.0. The number of carbonyl (C=O) groups excluding carboxylic acids is 1. The van der Waals surface area contributed by atoms with E-state index in [1.165, 1.54) is 12.0 Å². The summed E-state index contributed by atoms with van der Waals surface area (Å²) in [6.07, 6.45) is -4.15. The highest BCUT2D eigenvalue weighted by Gasteiger charge is 2.89. The van der Waals surface area contributed by atoms with Crippen molar-refractivity contribution in [3.05, 3.63) is 23.3 Å². The van der Waals surface area contributed by atoms with Gasteiger partial charge < -0.3 is 14.6 Å². The number of piperidine rings is 1. The molecule has 0 radical (unpaired) electrons. The normalized spacial score (nSPS) is 45.2. The molecule has 1 aromatic carbocycles. The number of ketones is 1. The van der Waals surface area contributed by atoms with Crippen molar-refractivity contribution < 1.29 is 32.5 Å². The van der Waals surface area contributed by atoms with Gasteiger partial charge in [-0.15, -0.1) is 0 Å². The van der Waals surface area contributed by atoms with Gasteiger partial charge in [-0.3, -0.25) is 9.69 Å². The Morgan fingerprint density at radius 3 is 2.89 bits per heavy atom. The molecule has 0 aromatic heterocycles. The Kier molecular flexibility index (Phi) is 2.56. The summed E-state index contributed by atoms with van der Waals surface area (Å²) in [5.74, 6) is 0.883. The highest BCUT2D eigenvalue weighted by atomic mass is 19.4. The number of likely N-dealkylation sites (tertiary alicyclic amines) is 1. The van der Waals surface area contributed by atoms with E-state index < -0.39 is 41.4 Å². The van der Waals surface area contributed by atoms with Gasteiger partial charge in [0.1, 0.15) is 0 Å². The Morgan fingerprint density at radius 2 is 2.19 bits per heavy atom. The number of Topliss-reactive ketones (excluding diaryl/α,β-unsaturated/α-hetero) is 1. The Labute approximate surface area is 153 Å². The molecule has 2 saturated carbocycles. The van der Waals surface area contributed by atoms with E-state index in [1.807, 2.05) is 6.07 Å². The van der Waals surface area contributed by atoms with Crippen LogP contribution in [-0.2, 0) is 16.6 Å². The molecule has 0 amide bonds. The molecular weight excluding hydrogens is 363 g/mol. The van der Waals surface area contributed by atoms with Gasteiger partial charge in [0.05, 0.1) is 30.7 Å². The van der Waals surface area contributed by atoms with Crippen molar-refractivity contribution in [2.45, 2.75) is 60.6 Å². The van der Waals surface area contributed by atoms with Gasteiger partial charge in [-0.25, -0.2) is 0 Å². The molecule has 3 aliphatic carbocycles. The van der Waals surface area contributed by atoms with E-state index >= 15 is 0 Å². The van der Waals surface area contributed by atoms with Crippen molar-refractivity contribution in [1.82, 2.24) is 4.90 Å². The summed E-state index contributed by atoms with van der Waals surface area (Å²) < 4.78 is 50.9. The first kappa shape index (κ1) is 16.2. The highest BCUT2D eigenvalue weighted by Crippen LogP contribution is 2.76. The number of ether oxygens (including phenoxy) is 2. The molecule has 2 bridgehead atoms. The summed E-state index contributed by atoms with van der Waals surface area (Å²) >= 11 is 0. The van der Waals surface area contributed by atoms with Crippen molar-refractivity contribution in [3.8, 4) is 11.5 Å². The molecular formula is C19H18F3NO4. The van der Waals surface area contributed by atoms with Crippen LogP contribution in [-0.4, -0.2) is 58.9 Å². The summed E-state index contributed by atoms with van der Waals surface area (Å²) in [5, 5.41) is 11.8. The smallest absolute Gasteiger partial charge is 0.401 e. The number of nitrogens with zero attached hydrogens (tertiary/aromatic N) is 1. The molecule has 1 aromatic rings. The zero-order valence-electron chi connectivity index (χ0n) is 14.6. The van der Waals surface area contributed by atoms with Crippen molar-refractivity contribution in [3.63, 3.8) is 0 Å². The average molecular weight is 381 g/mol. The van der Waals surface area contributed by atoms with Crippen LogP contribution in [0.1, 0.15) is 30.4 Å². The van der Waals surface area contributed by atoms with Gasteiger partial charge in [0, 0.05) is 17.5 Å². The summed E-state index contributed by atoms with van der Waals surface area (Å²) in [5.41, 5.74) is -1.47. The molecule has 144 valence electrons. The second kappa shape index (κ2) is 4.27. The lowest BCUT2D eigenvalue weighted by molar-refractivity contribution is -0.161. The average Bonchev–Trinajstić information content (AvgIpc) is 2.93. The van der Waals surface area contributed by atoms with Crippen molar-refractivity contribution in [1.29, 1.82) is 0 Å². The molecule has 1 N–H and O–H groups in total. The minimum Gasteiger partial charge on any atom is -0.493 e. The van der Waals surface area contributed by atoms with Gasteiger partial charge in [0.15, 0.2) is 23.4 Å². The number of carbonyl (C=O) groups is 1. The number of fused-ring (bicyclic) bond motifs is 1. The van der Waals surface area contributed by atoms with E-state index in [2.05, 4.69) is 0 Å². The lowest BCUT2D eigenvalue weighted by Crippen LogP contribution is -2.65. The molecule has 2 heterocycles. The highest BCUT2D eigenvalue weighted by molar-refractivity contribution is 5.91. The maximum Gasteiger partial charge on any atom is 0.401 e. The van der Waals surface area contributed by atoms with E-state index in [4.69, 9.17) is 9.47 Å². The van der Waals surface area contributed by atoms with Gasteiger partial charge in [0.2, 0.25) is 0 Å². The number of rotatable bonds is 2. The number of benzene rings is 1. The second-order valence-corrected chi connectivity index (χ2v) is 8.59. The molecule has 2 aliphatic heterocycles. The Balaban J connectivity index is 1.59. The van der Waals surface area contributed by atoms with Crippen LogP contribution in [0.25, 0.3) is 0 Å². The van der Waals surface area contributed by atoms with E-state index in [-0.39, 0.29) is 18.6 Å². The van der Waals surface area contributed by atoms with Gasteiger partial charge >= 0.3 is 6.18 Å². The lowest BCUT2D eigenvalue weighted by atomic mass is 9.57. The van der Waals surface area contributed by atoms with Crippen LogP contribution in [0.5, 0.6) is 11.5 Å². The third-order valence-electron chi connectivity index (χ3n) is 7.58. The predicted molar refractivity (Wildman–Crippen MR) is 85.9 cm³/mol. The number of halogens is 3. The zero-order valence-corrected chi connectivity index (χ0v) is 14.6. The first-order valence-corrected chi connectivity index (χ1v) is 9.14. The van der Waals surface area contributed by atoms with E-state index in [1.54, 1.807) is 6.07 Å². The van der Waals surface area contributed by atoms with Crippen LogP contribution in [0, 0.1) is 0 Å². The maximum absolute atomic E-state index is 13.1. The van der Waals surface area contributed by atoms with Crippen LogP contribution in [0.4, 0.5) is 13.2 Å². The van der Waals surface area contributed by atoms with Crippen LogP contribution >= 0.6 is 0 Å². The quantitative estimate of drug-likeness (QED) is 0.791. The molecule has 8 heteroatoms. The second-order valence-electron chi connectivity index (χ2n) is 8.59. The minimum absolute atomic E-state index is 0.0930. The van der Waals surface area contributed by atoms with E-state index in [0.717, 1.165) is 11.1 Å². The first-order chi connectivity index (χ1) is 12.7. The number of hydrogen-bond acceptors (Lipinski definition) is 5. The third kappa shape index (κ3) is 1.53. The molecule has 27 heavy (non-hydrogen) atoms. The largest absolute Gasteiger partial charge is 0.493 e. The third-order valence-corrected chi connectivity index (χ3v) is 7.58. The number of hydrogen-bond donors (Lipinski definition) is 1. The van der Waals surface area contributed by atoms with Crippen LogP contribution < -0.4 is 9.47 Å². The Bertz CT molecular complexity index is 917. The molecule has 1 unspecified atom stereocenters. The van der Waals surface area contributed by atoms with Crippen molar-refractivity contribution >= 4 is 5.78 Å². The number of aliphatic hydroxyl groups is 1. The number of alkyl halides is 3. The van der Waals surface area contributed by atoms with Crippen molar-refractivity contribution in [2.24, 2.45) is 0 Å². The topological polar surface area (TPSA) is 58.8 Å². The van der Waals surface area contributed by atoms with Gasteiger partial charge in [0.25, 0.3) is 0 Å². The molecule has 5 nitrogen and oxygen atoms in total. The Morgan fingerprint density at radius 1 is 1.41 bits per heavy atom. The molecule has 6 atom stereocenters. The molecule has 5 aliphatic rings. The first-order valence-electron chi connectivity index (χ1n) is 9.14. The minimum atomic E-state index is -4.33. The summed E-state index contributed by atoms with van der Waals surface area (Å²) in [6.45, 7) is -1.03. The number of methoxy groups -OCH3 is 1. The lowest BCUT2D eigenvalue weighted by Gasteiger charge is -2.50. The van der Waals surface area contributed by atoms with Crippen LogP contribution in [0.3, 0.4) is 0 Å².